The molecule has 3 N–H and O–H groups in total. The van der Waals surface area contributed by atoms with Crippen molar-refractivity contribution in [1.29, 1.82) is 0 Å². The van der Waals surface area contributed by atoms with E-state index in [0.717, 1.165) is 36.9 Å². The molecule has 1 rings (SSSR count). The van der Waals surface area contributed by atoms with Crippen LogP contribution in [0.3, 0.4) is 0 Å². The second-order valence-corrected chi connectivity index (χ2v) is 4.92. The fourth-order valence-electron chi connectivity index (χ4n) is 1.55. The van der Waals surface area contributed by atoms with Gasteiger partial charge < -0.3 is 9.32 Å². The quantitative estimate of drug-likeness (QED) is 0.324. The molecule has 5 nitrogen and oxygen atoms in total. The summed E-state index contributed by atoms with van der Waals surface area (Å²) in [4.78, 5) is 13.6. The van der Waals surface area contributed by atoms with Crippen molar-refractivity contribution in [2.75, 3.05) is 25.4 Å². The number of amides is 1. The highest BCUT2D eigenvalue weighted by Crippen LogP contribution is 2.15. The lowest BCUT2D eigenvalue weighted by atomic mass is 10.4. The molecule has 0 radical (unpaired) electrons. The molecule has 18 heavy (non-hydrogen) atoms. The Balaban J connectivity index is 2.27. The number of nitrogens with zero attached hydrogens (tertiary/aromatic N) is 1. The van der Waals surface area contributed by atoms with Crippen molar-refractivity contribution in [3.63, 3.8) is 0 Å². The van der Waals surface area contributed by atoms with Gasteiger partial charge in [-0.25, -0.2) is 5.84 Å². The second kappa shape index (κ2) is 8.18. The van der Waals surface area contributed by atoms with E-state index in [2.05, 4.69) is 18.7 Å². The van der Waals surface area contributed by atoms with Crippen LogP contribution < -0.4 is 11.3 Å². The molecular weight excluding hydrogens is 250 g/mol. The molecule has 0 unspecified atom stereocenters. The van der Waals surface area contributed by atoms with Crippen molar-refractivity contribution in [3.8, 4) is 0 Å². The topological polar surface area (TPSA) is 71.5 Å². The number of nitrogen functional groups attached to an aromatic ring is 1. The van der Waals surface area contributed by atoms with Crippen LogP contribution in [-0.4, -0.2) is 36.2 Å². The summed E-state index contributed by atoms with van der Waals surface area (Å²) in [7, 11) is 0. The van der Waals surface area contributed by atoms with E-state index in [4.69, 9.17) is 10.3 Å². The zero-order valence-electron chi connectivity index (χ0n) is 10.9. The van der Waals surface area contributed by atoms with E-state index in [9.17, 15) is 4.79 Å². The van der Waals surface area contributed by atoms with Gasteiger partial charge in [-0.1, -0.05) is 13.8 Å². The second-order valence-electron chi connectivity index (χ2n) is 3.82. The van der Waals surface area contributed by atoms with Crippen LogP contribution in [0.5, 0.6) is 0 Å². The van der Waals surface area contributed by atoms with E-state index >= 15 is 0 Å². The Morgan fingerprint density at radius 1 is 1.44 bits per heavy atom. The summed E-state index contributed by atoms with van der Waals surface area (Å²) in [6.07, 6.45) is 0. The number of carbonyl (C=O) groups is 1. The van der Waals surface area contributed by atoms with Crippen LogP contribution in [0, 0.1) is 0 Å². The highest BCUT2D eigenvalue weighted by molar-refractivity contribution is 7.98. The first-order valence-electron chi connectivity index (χ1n) is 6.11. The number of hydrogen-bond donors (Lipinski definition) is 2. The first-order chi connectivity index (χ1) is 8.71. The molecule has 0 fully saturated rings. The third-order valence-corrected chi connectivity index (χ3v) is 3.67. The Hall–Kier alpha value is -0.980. The third kappa shape index (κ3) is 4.72. The number of carbonyl (C=O) groups excluding carboxylic acids is 1. The standard InChI is InChI=1S/C12H21N3O2S/c1-3-15(4-2)7-8-18-9-10-5-6-11(17-10)12(16)14-13/h5-6H,3-4,7-9,13H2,1-2H3,(H,14,16). The molecule has 1 heterocycles. The highest BCUT2D eigenvalue weighted by Gasteiger charge is 2.09. The number of hydrogen-bond acceptors (Lipinski definition) is 5. The van der Waals surface area contributed by atoms with Gasteiger partial charge in [-0.15, -0.1) is 0 Å². The van der Waals surface area contributed by atoms with Gasteiger partial charge in [-0.05, 0) is 25.2 Å². The predicted octanol–water partition coefficient (Wildman–Crippen LogP) is 1.46. The van der Waals surface area contributed by atoms with Gasteiger partial charge in [0.1, 0.15) is 5.76 Å². The van der Waals surface area contributed by atoms with Crippen LogP contribution in [0.2, 0.25) is 0 Å². The van der Waals surface area contributed by atoms with Crippen LogP contribution in [0.15, 0.2) is 16.5 Å². The Bertz CT molecular complexity index is 364. The third-order valence-electron chi connectivity index (χ3n) is 2.71. The molecule has 1 amide bonds. The van der Waals surface area contributed by atoms with E-state index in [1.165, 1.54) is 0 Å². The normalized spacial score (nSPS) is 10.9. The molecular formula is C12H21N3O2S. The maximum absolute atomic E-state index is 11.2. The van der Waals surface area contributed by atoms with Crippen molar-refractivity contribution in [1.82, 2.24) is 10.3 Å². The van der Waals surface area contributed by atoms with Gasteiger partial charge in [0.15, 0.2) is 5.76 Å². The molecule has 0 bridgehead atoms. The molecule has 0 aliphatic heterocycles. The minimum atomic E-state index is -0.394. The van der Waals surface area contributed by atoms with E-state index in [1.54, 1.807) is 17.8 Å². The van der Waals surface area contributed by atoms with Crippen LogP contribution in [-0.2, 0) is 5.75 Å². The van der Waals surface area contributed by atoms with E-state index in [1.807, 2.05) is 11.5 Å². The molecule has 0 aromatic carbocycles. The average molecular weight is 271 g/mol. The van der Waals surface area contributed by atoms with Crippen LogP contribution in [0.4, 0.5) is 0 Å². The Morgan fingerprint density at radius 3 is 2.78 bits per heavy atom. The van der Waals surface area contributed by atoms with Gasteiger partial charge >= 0.3 is 5.91 Å². The molecule has 0 saturated heterocycles. The van der Waals surface area contributed by atoms with Crippen LogP contribution >= 0.6 is 11.8 Å². The fraction of sp³-hybridized carbons (Fsp3) is 0.583. The van der Waals surface area contributed by atoms with E-state index in [0.29, 0.717) is 0 Å². The van der Waals surface area contributed by atoms with Crippen LogP contribution in [0.25, 0.3) is 0 Å². The largest absolute Gasteiger partial charge is 0.455 e. The molecule has 0 saturated carbocycles. The molecule has 1 aromatic rings. The molecule has 0 spiro atoms. The van der Waals surface area contributed by atoms with Crippen molar-refractivity contribution in [2.24, 2.45) is 5.84 Å². The van der Waals surface area contributed by atoms with Crippen molar-refractivity contribution < 1.29 is 9.21 Å². The average Bonchev–Trinajstić information content (AvgIpc) is 2.87. The molecule has 0 aliphatic rings. The van der Waals surface area contributed by atoms with Crippen LogP contribution in [0.1, 0.15) is 30.2 Å². The van der Waals surface area contributed by atoms with Gasteiger partial charge in [0.25, 0.3) is 0 Å². The molecule has 1 aromatic heterocycles. The van der Waals surface area contributed by atoms with Gasteiger partial charge in [-0.2, -0.15) is 11.8 Å². The zero-order chi connectivity index (χ0) is 13.4. The number of thioether (sulfide) groups is 1. The summed E-state index contributed by atoms with van der Waals surface area (Å²) < 4.78 is 5.37. The SMILES string of the molecule is CCN(CC)CCSCc1ccc(C(=O)NN)o1. The highest BCUT2D eigenvalue weighted by atomic mass is 32.2. The van der Waals surface area contributed by atoms with Gasteiger partial charge in [-0.3, -0.25) is 10.2 Å². The number of rotatable bonds is 8. The van der Waals surface area contributed by atoms with E-state index < -0.39 is 5.91 Å². The van der Waals surface area contributed by atoms with Gasteiger partial charge in [0.05, 0.1) is 5.75 Å². The minimum Gasteiger partial charge on any atom is -0.455 e. The molecule has 102 valence electrons. The van der Waals surface area contributed by atoms with Crippen molar-refractivity contribution in [2.45, 2.75) is 19.6 Å². The van der Waals surface area contributed by atoms with Gasteiger partial charge in [0.2, 0.25) is 0 Å². The Kier molecular flexibility index (Phi) is 6.85. The van der Waals surface area contributed by atoms with Crippen molar-refractivity contribution >= 4 is 17.7 Å². The van der Waals surface area contributed by atoms with E-state index in [-0.39, 0.29) is 5.76 Å². The molecule has 6 heteroatoms. The monoisotopic (exact) mass is 271 g/mol. The fourth-order valence-corrected chi connectivity index (χ4v) is 2.44. The molecule has 0 atom stereocenters. The maximum atomic E-state index is 11.2. The zero-order valence-corrected chi connectivity index (χ0v) is 11.8. The lowest BCUT2D eigenvalue weighted by molar-refractivity contribution is 0.0924. The summed E-state index contributed by atoms with van der Waals surface area (Å²) in [6.45, 7) is 7.57. The van der Waals surface area contributed by atoms with Gasteiger partial charge in [0, 0.05) is 12.3 Å². The summed E-state index contributed by atoms with van der Waals surface area (Å²) in [6, 6.07) is 3.46. The molecule has 0 aliphatic carbocycles. The predicted molar refractivity (Wildman–Crippen MR) is 74.3 cm³/mol. The number of nitrogens with two attached hydrogens (primary N) is 1. The first-order valence-corrected chi connectivity index (χ1v) is 7.26. The minimum absolute atomic E-state index is 0.261. The summed E-state index contributed by atoms with van der Waals surface area (Å²) in [5.41, 5.74) is 2.05. The smallest absolute Gasteiger partial charge is 0.300 e. The maximum Gasteiger partial charge on any atom is 0.300 e. The lowest BCUT2D eigenvalue weighted by Crippen LogP contribution is -2.29. The first kappa shape index (κ1) is 15.1. The number of nitrogens with one attached hydrogen (secondary N) is 1. The summed E-state index contributed by atoms with van der Waals surface area (Å²) in [5, 5.41) is 0. The number of hydrazine groups is 1. The Labute approximate surface area is 112 Å². The number of furan rings is 1. The summed E-state index contributed by atoms with van der Waals surface area (Å²) >= 11 is 1.80. The Morgan fingerprint density at radius 2 is 2.17 bits per heavy atom. The summed E-state index contributed by atoms with van der Waals surface area (Å²) in [5.74, 6) is 7.53. The van der Waals surface area contributed by atoms with Crippen molar-refractivity contribution in [3.05, 3.63) is 23.7 Å². The lowest BCUT2D eigenvalue weighted by Gasteiger charge is -2.16.